The number of ether oxygens (including phenoxy) is 2. The molecule has 1 fully saturated rings. The van der Waals surface area contributed by atoms with E-state index in [1.807, 2.05) is 31.2 Å². The molecule has 21 heavy (non-hydrogen) atoms. The fourth-order valence-electron chi connectivity index (χ4n) is 2.72. The zero-order chi connectivity index (χ0) is 13.9. The first kappa shape index (κ1) is 15.9. The fraction of sp³-hybridized carbons (Fsp3) is 0.438. The molecule has 1 N–H and O–H groups in total. The van der Waals surface area contributed by atoms with Crippen molar-refractivity contribution < 1.29 is 9.47 Å². The number of aromatic nitrogens is 1. The molecule has 2 aromatic rings. The van der Waals surface area contributed by atoms with Gasteiger partial charge in [0, 0.05) is 5.39 Å². The monoisotopic (exact) mass is 308 g/mol. The van der Waals surface area contributed by atoms with Crippen LogP contribution in [0.1, 0.15) is 18.5 Å². The molecule has 0 aliphatic carbocycles. The van der Waals surface area contributed by atoms with Crippen LogP contribution < -0.4 is 14.8 Å². The summed E-state index contributed by atoms with van der Waals surface area (Å²) in [5, 5.41) is 4.38. The van der Waals surface area contributed by atoms with E-state index < -0.39 is 0 Å². The van der Waals surface area contributed by atoms with Crippen LogP contribution >= 0.6 is 12.4 Å². The summed E-state index contributed by atoms with van der Waals surface area (Å²) in [6.07, 6.45) is 2.30. The highest BCUT2D eigenvalue weighted by atomic mass is 35.5. The SMILES string of the molecule is COc1c(C)nc2ccccc2c1OC1CCNCC1.Cl. The molecule has 0 unspecified atom stereocenters. The van der Waals surface area contributed by atoms with Crippen LogP contribution in [-0.4, -0.2) is 31.3 Å². The van der Waals surface area contributed by atoms with Crippen molar-refractivity contribution in [2.45, 2.75) is 25.9 Å². The number of pyridine rings is 1. The minimum atomic E-state index is 0. The number of hydrogen-bond donors (Lipinski definition) is 1. The Bertz CT molecular complexity index is 612. The maximum Gasteiger partial charge on any atom is 0.182 e. The maximum atomic E-state index is 6.27. The van der Waals surface area contributed by atoms with E-state index in [0.717, 1.165) is 54.0 Å². The van der Waals surface area contributed by atoms with E-state index in [2.05, 4.69) is 10.3 Å². The lowest BCUT2D eigenvalue weighted by atomic mass is 10.1. The Morgan fingerprint density at radius 3 is 2.57 bits per heavy atom. The third kappa shape index (κ3) is 3.22. The van der Waals surface area contributed by atoms with Gasteiger partial charge in [-0.05, 0) is 45.0 Å². The van der Waals surface area contributed by atoms with Crippen molar-refractivity contribution in [1.82, 2.24) is 10.3 Å². The van der Waals surface area contributed by atoms with Crippen LogP contribution in [-0.2, 0) is 0 Å². The zero-order valence-electron chi connectivity index (χ0n) is 12.4. The molecule has 3 rings (SSSR count). The van der Waals surface area contributed by atoms with Gasteiger partial charge >= 0.3 is 0 Å². The molecule has 1 aliphatic heterocycles. The number of halogens is 1. The number of hydrogen-bond acceptors (Lipinski definition) is 4. The van der Waals surface area contributed by atoms with E-state index in [4.69, 9.17) is 9.47 Å². The normalized spacial score (nSPS) is 15.5. The molecule has 2 heterocycles. The number of nitrogens with zero attached hydrogens (tertiary/aromatic N) is 1. The van der Waals surface area contributed by atoms with Gasteiger partial charge in [-0.3, -0.25) is 0 Å². The number of nitrogens with one attached hydrogen (secondary N) is 1. The second kappa shape index (κ2) is 6.96. The summed E-state index contributed by atoms with van der Waals surface area (Å²) >= 11 is 0. The Morgan fingerprint density at radius 2 is 1.86 bits per heavy atom. The molecule has 1 aliphatic rings. The summed E-state index contributed by atoms with van der Waals surface area (Å²) in [7, 11) is 1.67. The third-order valence-electron chi connectivity index (χ3n) is 3.75. The van der Waals surface area contributed by atoms with Crippen molar-refractivity contribution in [3.8, 4) is 11.5 Å². The second-order valence-electron chi connectivity index (χ2n) is 5.14. The van der Waals surface area contributed by atoms with Crippen molar-refractivity contribution in [2.75, 3.05) is 20.2 Å². The molecule has 1 saturated heterocycles. The number of methoxy groups -OCH3 is 1. The largest absolute Gasteiger partial charge is 0.491 e. The predicted molar refractivity (Wildman–Crippen MR) is 86.8 cm³/mol. The highest BCUT2D eigenvalue weighted by Gasteiger charge is 2.20. The van der Waals surface area contributed by atoms with Gasteiger partial charge < -0.3 is 14.8 Å². The Hall–Kier alpha value is -1.52. The first-order valence-electron chi connectivity index (χ1n) is 7.10. The van der Waals surface area contributed by atoms with Gasteiger partial charge in [0.05, 0.1) is 18.3 Å². The molecular weight excluding hydrogens is 288 g/mol. The Balaban J connectivity index is 0.00000161. The zero-order valence-corrected chi connectivity index (χ0v) is 13.2. The molecule has 0 atom stereocenters. The van der Waals surface area contributed by atoms with Gasteiger partial charge in [-0.1, -0.05) is 12.1 Å². The number of benzene rings is 1. The van der Waals surface area contributed by atoms with Crippen LogP contribution in [0.15, 0.2) is 24.3 Å². The lowest BCUT2D eigenvalue weighted by Gasteiger charge is -2.25. The molecular formula is C16H21ClN2O2. The lowest BCUT2D eigenvalue weighted by molar-refractivity contribution is 0.158. The molecule has 0 saturated carbocycles. The van der Waals surface area contributed by atoms with Gasteiger partial charge in [0.2, 0.25) is 0 Å². The number of fused-ring (bicyclic) bond motifs is 1. The minimum Gasteiger partial charge on any atom is -0.491 e. The standard InChI is InChI=1S/C16H20N2O2.ClH/c1-11-15(19-2)16(20-12-7-9-17-10-8-12)13-5-3-4-6-14(13)18-11;/h3-6,12,17H,7-10H2,1-2H3;1H. The molecule has 0 bridgehead atoms. The summed E-state index contributed by atoms with van der Waals surface area (Å²) in [4.78, 5) is 4.58. The van der Waals surface area contributed by atoms with Gasteiger partial charge in [-0.15, -0.1) is 12.4 Å². The minimum absolute atomic E-state index is 0. The molecule has 4 nitrogen and oxygen atoms in total. The number of rotatable bonds is 3. The van der Waals surface area contributed by atoms with Crippen LogP contribution in [0.5, 0.6) is 11.5 Å². The molecule has 5 heteroatoms. The smallest absolute Gasteiger partial charge is 0.182 e. The molecule has 114 valence electrons. The van der Waals surface area contributed by atoms with Crippen LogP contribution in [0, 0.1) is 6.92 Å². The summed E-state index contributed by atoms with van der Waals surface area (Å²) in [6.45, 7) is 3.98. The van der Waals surface area contributed by atoms with E-state index in [1.165, 1.54) is 0 Å². The third-order valence-corrected chi connectivity index (χ3v) is 3.75. The van der Waals surface area contributed by atoms with Gasteiger partial charge in [0.15, 0.2) is 11.5 Å². The first-order chi connectivity index (χ1) is 9.79. The van der Waals surface area contributed by atoms with Gasteiger partial charge in [-0.25, -0.2) is 4.98 Å². The Morgan fingerprint density at radius 1 is 1.14 bits per heavy atom. The summed E-state index contributed by atoms with van der Waals surface area (Å²) in [5.74, 6) is 1.59. The molecule has 0 spiro atoms. The average molecular weight is 309 g/mol. The Kier molecular flexibility index (Phi) is 5.26. The van der Waals surface area contributed by atoms with Crippen molar-refractivity contribution in [1.29, 1.82) is 0 Å². The molecule has 1 aromatic carbocycles. The molecule has 1 aromatic heterocycles. The van der Waals surface area contributed by atoms with Crippen LogP contribution in [0.25, 0.3) is 10.9 Å². The van der Waals surface area contributed by atoms with Gasteiger partial charge in [0.1, 0.15) is 6.10 Å². The van der Waals surface area contributed by atoms with Crippen molar-refractivity contribution in [3.63, 3.8) is 0 Å². The van der Waals surface area contributed by atoms with Gasteiger partial charge in [-0.2, -0.15) is 0 Å². The van der Waals surface area contributed by atoms with Crippen LogP contribution in [0.2, 0.25) is 0 Å². The first-order valence-corrected chi connectivity index (χ1v) is 7.10. The number of aryl methyl sites for hydroxylation is 1. The van der Waals surface area contributed by atoms with E-state index in [1.54, 1.807) is 7.11 Å². The summed E-state index contributed by atoms with van der Waals surface area (Å²) in [5.41, 5.74) is 1.82. The average Bonchev–Trinajstić information content (AvgIpc) is 2.48. The molecule has 0 amide bonds. The lowest BCUT2D eigenvalue weighted by Crippen LogP contribution is -2.34. The van der Waals surface area contributed by atoms with E-state index >= 15 is 0 Å². The van der Waals surface area contributed by atoms with E-state index in [0.29, 0.717) is 0 Å². The van der Waals surface area contributed by atoms with Crippen molar-refractivity contribution in [3.05, 3.63) is 30.0 Å². The summed E-state index contributed by atoms with van der Waals surface area (Å²) < 4.78 is 11.8. The number of para-hydroxylation sites is 1. The van der Waals surface area contributed by atoms with Crippen LogP contribution in [0.3, 0.4) is 0 Å². The topological polar surface area (TPSA) is 43.4 Å². The molecule has 0 radical (unpaired) electrons. The predicted octanol–water partition coefficient (Wildman–Crippen LogP) is 3.10. The van der Waals surface area contributed by atoms with Gasteiger partial charge in [0.25, 0.3) is 0 Å². The van der Waals surface area contributed by atoms with Crippen molar-refractivity contribution >= 4 is 23.3 Å². The second-order valence-corrected chi connectivity index (χ2v) is 5.14. The highest BCUT2D eigenvalue weighted by Crippen LogP contribution is 2.38. The van der Waals surface area contributed by atoms with Crippen molar-refractivity contribution in [2.24, 2.45) is 0 Å². The van der Waals surface area contributed by atoms with E-state index in [-0.39, 0.29) is 18.5 Å². The van der Waals surface area contributed by atoms with E-state index in [9.17, 15) is 0 Å². The van der Waals surface area contributed by atoms with Crippen LogP contribution in [0.4, 0.5) is 0 Å². The Labute approximate surface area is 131 Å². The fourth-order valence-corrected chi connectivity index (χ4v) is 2.72. The highest BCUT2D eigenvalue weighted by molar-refractivity contribution is 5.88. The summed E-state index contributed by atoms with van der Waals surface area (Å²) in [6, 6.07) is 8.06. The maximum absolute atomic E-state index is 6.27. The number of piperidine rings is 1. The quantitative estimate of drug-likeness (QED) is 0.946.